The van der Waals surface area contributed by atoms with Gasteiger partial charge in [0, 0.05) is 11.4 Å². The van der Waals surface area contributed by atoms with Gasteiger partial charge in [-0.2, -0.15) is 4.37 Å². The molecule has 3 N–H and O–H groups in total. The van der Waals surface area contributed by atoms with Crippen LogP contribution in [0.1, 0.15) is 18.4 Å². The van der Waals surface area contributed by atoms with Gasteiger partial charge in [0.25, 0.3) is 0 Å². The fourth-order valence-electron chi connectivity index (χ4n) is 1.66. The Labute approximate surface area is 115 Å². The van der Waals surface area contributed by atoms with E-state index in [1.807, 2.05) is 18.4 Å². The highest BCUT2D eigenvalue weighted by Crippen LogP contribution is 2.37. The van der Waals surface area contributed by atoms with Crippen LogP contribution in [-0.2, 0) is 0 Å². The Morgan fingerprint density at radius 3 is 3.00 bits per heavy atom. The maximum atomic E-state index is 5.94. The maximum absolute atomic E-state index is 5.94. The molecule has 18 heavy (non-hydrogen) atoms. The molecular formula is C12H16N4S2. The van der Waals surface area contributed by atoms with Crippen molar-refractivity contribution in [2.24, 2.45) is 0 Å². The molecule has 2 rings (SSSR count). The van der Waals surface area contributed by atoms with E-state index in [0.29, 0.717) is 11.9 Å². The molecule has 0 fully saturated rings. The minimum absolute atomic E-state index is 0.306. The first-order valence-corrected chi connectivity index (χ1v) is 7.32. The average Bonchev–Trinajstić information content (AvgIpc) is 2.86. The van der Waals surface area contributed by atoms with Crippen LogP contribution in [0.25, 0.3) is 11.3 Å². The third kappa shape index (κ3) is 2.70. The molecule has 0 bridgehead atoms. The molecule has 2 aromatic heterocycles. The quantitative estimate of drug-likeness (QED) is 0.822. The van der Waals surface area contributed by atoms with Crippen molar-refractivity contribution in [3.63, 3.8) is 0 Å². The van der Waals surface area contributed by atoms with Crippen LogP contribution in [-0.4, -0.2) is 15.4 Å². The SMILES string of the molecule is C=CCC(C)Nc1snc(N)c1-c1csc(C)n1. The van der Waals surface area contributed by atoms with Crippen LogP contribution in [0.15, 0.2) is 18.0 Å². The first-order chi connectivity index (χ1) is 8.61. The Morgan fingerprint density at radius 1 is 1.61 bits per heavy atom. The largest absolute Gasteiger partial charge is 0.382 e. The highest BCUT2D eigenvalue weighted by atomic mass is 32.1. The molecule has 2 aromatic rings. The summed E-state index contributed by atoms with van der Waals surface area (Å²) < 4.78 is 4.21. The molecule has 0 saturated heterocycles. The monoisotopic (exact) mass is 280 g/mol. The van der Waals surface area contributed by atoms with Crippen LogP contribution in [0, 0.1) is 6.92 Å². The highest BCUT2D eigenvalue weighted by Gasteiger charge is 2.17. The Balaban J connectivity index is 2.30. The van der Waals surface area contributed by atoms with E-state index in [2.05, 4.69) is 28.2 Å². The molecule has 96 valence electrons. The molecule has 0 radical (unpaired) electrons. The topological polar surface area (TPSA) is 63.8 Å². The van der Waals surface area contributed by atoms with Crippen molar-refractivity contribution in [2.45, 2.75) is 26.3 Å². The number of hydrogen-bond acceptors (Lipinski definition) is 6. The van der Waals surface area contributed by atoms with Gasteiger partial charge in [-0.3, -0.25) is 0 Å². The second-order valence-corrected chi connectivity index (χ2v) is 5.93. The van der Waals surface area contributed by atoms with Gasteiger partial charge >= 0.3 is 0 Å². The molecule has 0 aliphatic carbocycles. The third-order valence-corrected chi connectivity index (χ3v) is 4.06. The predicted molar refractivity (Wildman–Crippen MR) is 80.3 cm³/mol. The van der Waals surface area contributed by atoms with Crippen molar-refractivity contribution in [1.29, 1.82) is 0 Å². The summed E-state index contributed by atoms with van der Waals surface area (Å²) in [6.07, 6.45) is 2.79. The van der Waals surface area contributed by atoms with Crippen LogP contribution in [0.2, 0.25) is 0 Å². The summed E-state index contributed by atoms with van der Waals surface area (Å²) in [5, 5.41) is 7.43. The molecule has 0 amide bonds. The number of anilines is 2. The molecular weight excluding hydrogens is 264 g/mol. The zero-order valence-electron chi connectivity index (χ0n) is 10.4. The zero-order valence-corrected chi connectivity index (χ0v) is 12.1. The molecule has 0 aliphatic heterocycles. The van der Waals surface area contributed by atoms with Gasteiger partial charge in [0.1, 0.15) is 10.8 Å². The van der Waals surface area contributed by atoms with Gasteiger partial charge in [0.2, 0.25) is 0 Å². The van der Waals surface area contributed by atoms with Crippen molar-refractivity contribution < 1.29 is 0 Å². The van der Waals surface area contributed by atoms with Gasteiger partial charge in [0.05, 0.1) is 16.3 Å². The molecule has 2 heterocycles. The average molecular weight is 280 g/mol. The van der Waals surface area contributed by atoms with Gasteiger partial charge in [-0.05, 0) is 31.8 Å². The van der Waals surface area contributed by atoms with Crippen LogP contribution in [0.5, 0.6) is 0 Å². The first kappa shape index (κ1) is 13.0. The van der Waals surface area contributed by atoms with Crippen molar-refractivity contribution in [2.75, 3.05) is 11.1 Å². The third-order valence-electron chi connectivity index (χ3n) is 2.49. The summed E-state index contributed by atoms with van der Waals surface area (Å²) in [4.78, 5) is 4.47. The lowest BCUT2D eigenvalue weighted by Crippen LogP contribution is -2.13. The van der Waals surface area contributed by atoms with Gasteiger partial charge in [-0.15, -0.1) is 17.9 Å². The lowest BCUT2D eigenvalue weighted by atomic mass is 10.2. The summed E-state index contributed by atoms with van der Waals surface area (Å²) in [6, 6.07) is 0.306. The highest BCUT2D eigenvalue weighted by molar-refractivity contribution is 7.11. The normalized spacial score (nSPS) is 12.3. The molecule has 6 heteroatoms. The molecule has 4 nitrogen and oxygen atoms in total. The molecule has 0 spiro atoms. The van der Waals surface area contributed by atoms with E-state index in [1.165, 1.54) is 11.5 Å². The summed E-state index contributed by atoms with van der Waals surface area (Å²) >= 11 is 2.99. The number of nitrogens with two attached hydrogens (primary N) is 1. The van der Waals surface area contributed by atoms with Gasteiger partial charge in [0.15, 0.2) is 0 Å². The van der Waals surface area contributed by atoms with E-state index in [9.17, 15) is 0 Å². The Morgan fingerprint density at radius 2 is 2.39 bits per heavy atom. The standard InChI is InChI=1S/C12H16N4S2/c1-4-5-7(2)14-12-10(11(13)16-18-12)9-6-17-8(3)15-9/h4,6-7,14H,1,5H2,2-3H3,(H2,13,16). The van der Waals surface area contributed by atoms with Crippen molar-refractivity contribution in [3.8, 4) is 11.3 Å². The fourth-order valence-corrected chi connectivity index (χ4v) is 3.10. The van der Waals surface area contributed by atoms with E-state index in [1.54, 1.807) is 11.3 Å². The number of nitrogen functional groups attached to an aromatic ring is 1. The lowest BCUT2D eigenvalue weighted by molar-refractivity contribution is 0.818. The second-order valence-electron chi connectivity index (χ2n) is 4.09. The summed E-state index contributed by atoms with van der Waals surface area (Å²) in [7, 11) is 0. The van der Waals surface area contributed by atoms with Gasteiger partial charge < -0.3 is 11.1 Å². The Hall–Kier alpha value is -1.40. The van der Waals surface area contributed by atoms with Crippen LogP contribution in [0.3, 0.4) is 0 Å². The number of nitrogens with zero attached hydrogens (tertiary/aromatic N) is 2. The molecule has 1 atom stereocenters. The minimum atomic E-state index is 0.306. The Bertz CT molecular complexity index is 544. The van der Waals surface area contributed by atoms with Gasteiger partial charge in [-0.25, -0.2) is 4.98 Å². The number of hydrogen-bond donors (Lipinski definition) is 2. The number of aromatic nitrogens is 2. The van der Waals surface area contributed by atoms with E-state index < -0.39 is 0 Å². The van der Waals surface area contributed by atoms with Crippen LogP contribution >= 0.6 is 22.9 Å². The number of thiazole rings is 1. The first-order valence-electron chi connectivity index (χ1n) is 5.67. The number of rotatable bonds is 5. The molecule has 0 aromatic carbocycles. The van der Waals surface area contributed by atoms with E-state index >= 15 is 0 Å². The minimum Gasteiger partial charge on any atom is -0.382 e. The number of nitrogens with one attached hydrogen (secondary N) is 1. The maximum Gasteiger partial charge on any atom is 0.148 e. The van der Waals surface area contributed by atoms with E-state index in [0.717, 1.165) is 27.7 Å². The summed E-state index contributed by atoms with van der Waals surface area (Å²) in [6.45, 7) is 7.83. The molecule has 0 aliphatic rings. The summed E-state index contributed by atoms with van der Waals surface area (Å²) in [5.74, 6) is 0.540. The van der Waals surface area contributed by atoms with Crippen molar-refractivity contribution in [1.82, 2.24) is 9.36 Å². The van der Waals surface area contributed by atoms with E-state index in [4.69, 9.17) is 5.73 Å². The van der Waals surface area contributed by atoms with Gasteiger partial charge in [-0.1, -0.05) is 6.08 Å². The van der Waals surface area contributed by atoms with E-state index in [-0.39, 0.29) is 0 Å². The lowest BCUT2D eigenvalue weighted by Gasteiger charge is -2.12. The predicted octanol–water partition coefficient (Wildman–Crippen LogP) is 3.53. The van der Waals surface area contributed by atoms with Crippen molar-refractivity contribution >= 4 is 33.7 Å². The molecule has 1 unspecified atom stereocenters. The van der Waals surface area contributed by atoms with Crippen LogP contribution < -0.4 is 11.1 Å². The smallest absolute Gasteiger partial charge is 0.148 e. The summed E-state index contributed by atoms with van der Waals surface area (Å²) in [5.41, 5.74) is 7.75. The second kappa shape index (κ2) is 5.49. The molecule has 0 saturated carbocycles. The number of aryl methyl sites for hydroxylation is 1. The zero-order chi connectivity index (χ0) is 13.1. The Kier molecular flexibility index (Phi) is 3.98. The van der Waals surface area contributed by atoms with Crippen LogP contribution in [0.4, 0.5) is 10.8 Å². The van der Waals surface area contributed by atoms with Crippen molar-refractivity contribution in [3.05, 3.63) is 23.0 Å². The fraction of sp³-hybridized carbons (Fsp3) is 0.333.